The first-order valence-electron chi connectivity index (χ1n) is 4.83. The molecule has 0 aliphatic rings. The Labute approximate surface area is 89.9 Å². The summed E-state index contributed by atoms with van der Waals surface area (Å²) in [5.41, 5.74) is -0.414. The van der Waals surface area contributed by atoms with E-state index < -0.39 is 17.4 Å². The van der Waals surface area contributed by atoms with Gasteiger partial charge in [0.25, 0.3) is 0 Å². The van der Waals surface area contributed by atoms with Gasteiger partial charge in [0.1, 0.15) is 0 Å². The van der Waals surface area contributed by atoms with Crippen LogP contribution in [0.3, 0.4) is 0 Å². The molecule has 0 radical (unpaired) electrons. The maximum atomic E-state index is 11.0. The number of ether oxygens (including phenoxy) is 1. The van der Waals surface area contributed by atoms with Crippen molar-refractivity contribution in [2.45, 2.75) is 33.6 Å². The molecule has 0 rings (SSSR count). The van der Waals surface area contributed by atoms with Crippen molar-refractivity contribution in [3.8, 4) is 0 Å². The van der Waals surface area contributed by atoms with Crippen molar-refractivity contribution in [1.82, 2.24) is 0 Å². The summed E-state index contributed by atoms with van der Waals surface area (Å²) in [7, 11) is 0. The first kappa shape index (κ1) is 13.7. The first-order valence-corrected chi connectivity index (χ1v) is 4.83. The second-order valence-electron chi connectivity index (χ2n) is 4.21. The first-order chi connectivity index (χ1) is 6.77. The Hall–Kier alpha value is -1.32. The van der Waals surface area contributed by atoms with E-state index in [1.807, 2.05) is 0 Å². The Kier molecular flexibility index (Phi) is 5.05. The molecule has 0 aliphatic carbocycles. The lowest BCUT2D eigenvalue weighted by molar-refractivity contribution is -0.147. The van der Waals surface area contributed by atoms with Crippen LogP contribution in [-0.4, -0.2) is 23.7 Å². The van der Waals surface area contributed by atoms with E-state index in [4.69, 9.17) is 9.84 Å². The Balaban J connectivity index is 3.77. The van der Waals surface area contributed by atoms with Crippen molar-refractivity contribution >= 4 is 11.9 Å². The van der Waals surface area contributed by atoms with Gasteiger partial charge in [0, 0.05) is 5.57 Å². The third kappa shape index (κ3) is 5.20. The average Bonchev–Trinajstić information content (AvgIpc) is 2.11. The van der Waals surface area contributed by atoms with Crippen molar-refractivity contribution in [3.05, 3.63) is 12.2 Å². The third-order valence-electron chi connectivity index (χ3n) is 2.11. The van der Waals surface area contributed by atoms with Gasteiger partial charge in [-0.3, -0.25) is 4.79 Å². The van der Waals surface area contributed by atoms with Crippen LogP contribution >= 0.6 is 0 Å². The van der Waals surface area contributed by atoms with E-state index in [0.29, 0.717) is 18.4 Å². The minimum absolute atomic E-state index is 0.238. The normalized spacial score (nSPS) is 10.9. The molecule has 0 saturated carbocycles. The Morgan fingerprint density at radius 3 is 2.33 bits per heavy atom. The van der Waals surface area contributed by atoms with Gasteiger partial charge in [-0.1, -0.05) is 6.58 Å². The van der Waals surface area contributed by atoms with Crippen LogP contribution < -0.4 is 0 Å². The number of carboxylic acid groups (broad SMARTS) is 1. The quantitative estimate of drug-likeness (QED) is 0.417. The molecule has 0 fully saturated rings. The van der Waals surface area contributed by atoms with Gasteiger partial charge in [0.05, 0.1) is 12.0 Å². The molecule has 4 nitrogen and oxygen atoms in total. The summed E-state index contributed by atoms with van der Waals surface area (Å²) in [4.78, 5) is 21.7. The standard InChI is InChI=1S/C11H18O4/c1-8(2)9(12)15-7-5-6-11(3,4)10(13)14/h1,5-7H2,2-4H3,(H,13,14). The van der Waals surface area contributed by atoms with E-state index in [1.54, 1.807) is 20.8 Å². The highest BCUT2D eigenvalue weighted by molar-refractivity contribution is 5.86. The molecule has 0 spiro atoms. The van der Waals surface area contributed by atoms with Crippen LogP contribution in [0.4, 0.5) is 0 Å². The van der Waals surface area contributed by atoms with Crippen molar-refractivity contribution in [2.75, 3.05) is 6.61 Å². The average molecular weight is 214 g/mol. The van der Waals surface area contributed by atoms with Crippen molar-refractivity contribution < 1.29 is 19.4 Å². The Bertz CT molecular complexity index is 266. The molecule has 1 N–H and O–H groups in total. The predicted octanol–water partition coefficient (Wildman–Crippen LogP) is 2.00. The Morgan fingerprint density at radius 2 is 1.93 bits per heavy atom. The lowest BCUT2D eigenvalue weighted by Gasteiger charge is -2.18. The lowest BCUT2D eigenvalue weighted by Crippen LogP contribution is -2.24. The second kappa shape index (κ2) is 5.53. The summed E-state index contributed by atoms with van der Waals surface area (Å²) in [5.74, 6) is -1.27. The molecule has 86 valence electrons. The molecular formula is C11H18O4. The topological polar surface area (TPSA) is 63.6 Å². The van der Waals surface area contributed by atoms with Gasteiger partial charge in [-0.05, 0) is 33.6 Å². The second-order valence-corrected chi connectivity index (χ2v) is 4.21. The zero-order chi connectivity index (χ0) is 12.1. The highest BCUT2D eigenvalue weighted by Crippen LogP contribution is 2.22. The number of hydrogen-bond acceptors (Lipinski definition) is 3. The number of rotatable bonds is 6. The highest BCUT2D eigenvalue weighted by Gasteiger charge is 2.26. The summed E-state index contributed by atoms with van der Waals surface area (Å²) in [6.45, 7) is 8.55. The van der Waals surface area contributed by atoms with Crippen LogP contribution in [-0.2, 0) is 14.3 Å². The van der Waals surface area contributed by atoms with E-state index in [9.17, 15) is 9.59 Å². The molecule has 15 heavy (non-hydrogen) atoms. The summed E-state index contributed by atoms with van der Waals surface area (Å²) in [6, 6.07) is 0. The molecule has 0 bridgehead atoms. The number of aliphatic carboxylic acids is 1. The third-order valence-corrected chi connectivity index (χ3v) is 2.11. The van der Waals surface area contributed by atoms with Gasteiger partial charge < -0.3 is 9.84 Å². The molecule has 0 aromatic heterocycles. The molecule has 0 aromatic carbocycles. The lowest BCUT2D eigenvalue weighted by atomic mass is 9.88. The van der Waals surface area contributed by atoms with Crippen LogP contribution in [0.1, 0.15) is 33.6 Å². The molecule has 0 saturated heterocycles. The monoisotopic (exact) mass is 214 g/mol. The molecule has 0 unspecified atom stereocenters. The molecule has 0 aliphatic heterocycles. The van der Waals surface area contributed by atoms with Gasteiger partial charge >= 0.3 is 11.9 Å². The molecular weight excluding hydrogens is 196 g/mol. The molecule has 0 atom stereocenters. The van der Waals surface area contributed by atoms with Crippen molar-refractivity contribution in [1.29, 1.82) is 0 Å². The van der Waals surface area contributed by atoms with E-state index in [2.05, 4.69) is 6.58 Å². The highest BCUT2D eigenvalue weighted by atomic mass is 16.5. The number of hydrogen-bond donors (Lipinski definition) is 1. The van der Waals surface area contributed by atoms with E-state index >= 15 is 0 Å². The van der Waals surface area contributed by atoms with E-state index in [0.717, 1.165) is 0 Å². The number of esters is 1. The summed E-state index contributed by atoms with van der Waals surface area (Å²) in [6.07, 6.45) is 1.02. The molecule has 0 amide bonds. The zero-order valence-corrected chi connectivity index (χ0v) is 9.50. The number of carbonyl (C=O) groups excluding carboxylic acids is 1. The van der Waals surface area contributed by atoms with Crippen molar-refractivity contribution in [3.63, 3.8) is 0 Å². The predicted molar refractivity (Wildman–Crippen MR) is 56.4 cm³/mol. The van der Waals surface area contributed by atoms with E-state index in [1.165, 1.54) is 0 Å². The van der Waals surface area contributed by atoms with Crippen LogP contribution in [0.15, 0.2) is 12.2 Å². The smallest absolute Gasteiger partial charge is 0.333 e. The fourth-order valence-corrected chi connectivity index (χ4v) is 0.909. The van der Waals surface area contributed by atoms with Gasteiger partial charge in [-0.2, -0.15) is 0 Å². The van der Waals surface area contributed by atoms with Crippen LogP contribution in [0, 0.1) is 5.41 Å². The number of carboxylic acids is 1. The van der Waals surface area contributed by atoms with E-state index in [-0.39, 0.29) is 6.61 Å². The van der Waals surface area contributed by atoms with Crippen LogP contribution in [0.2, 0.25) is 0 Å². The fourth-order valence-electron chi connectivity index (χ4n) is 0.909. The largest absolute Gasteiger partial charge is 0.481 e. The molecule has 4 heteroatoms. The van der Waals surface area contributed by atoms with Gasteiger partial charge in [0.15, 0.2) is 0 Å². The minimum atomic E-state index is -0.839. The Morgan fingerprint density at radius 1 is 1.40 bits per heavy atom. The van der Waals surface area contributed by atoms with Gasteiger partial charge in [-0.15, -0.1) is 0 Å². The maximum Gasteiger partial charge on any atom is 0.333 e. The van der Waals surface area contributed by atoms with Gasteiger partial charge in [0.2, 0.25) is 0 Å². The molecule has 0 aromatic rings. The summed E-state index contributed by atoms with van der Waals surface area (Å²) in [5, 5.41) is 8.82. The van der Waals surface area contributed by atoms with Crippen LogP contribution in [0.5, 0.6) is 0 Å². The fraction of sp³-hybridized carbons (Fsp3) is 0.636. The minimum Gasteiger partial charge on any atom is -0.481 e. The SMILES string of the molecule is C=C(C)C(=O)OCCCC(C)(C)C(=O)O. The molecule has 0 heterocycles. The summed E-state index contributed by atoms with van der Waals surface area (Å²) >= 11 is 0. The van der Waals surface area contributed by atoms with Crippen molar-refractivity contribution in [2.24, 2.45) is 5.41 Å². The van der Waals surface area contributed by atoms with Crippen LogP contribution in [0.25, 0.3) is 0 Å². The maximum absolute atomic E-state index is 11.0. The number of carbonyl (C=O) groups is 2. The summed E-state index contributed by atoms with van der Waals surface area (Å²) < 4.78 is 4.85. The zero-order valence-electron chi connectivity index (χ0n) is 9.50. The van der Waals surface area contributed by atoms with Gasteiger partial charge in [-0.25, -0.2) is 4.79 Å².